The van der Waals surface area contributed by atoms with Crippen molar-refractivity contribution in [2.45, 2.75) is 51.9 Å². The van der Waals surface area contributed by atoms with Crippen LogP contribution in [0.1, 0.15) is 39.5 Å². The van der Waals surface area contributed by atoms with Crippen LogP contribution in [0.25, 0.3) is 0 Å². The van der Waals surface area contributed by atoms with Gasteiger partial charge in [-0.1, -0.05) is 0 Å². The van der Waals surface area contributed by atoms with Crippen LogP contribution in [-0.2, 0) is 23.1 Å². The standard InChI is InChI=1S/C18H30N3O6P/c1-3-25-28(23,26-4-2)14-10-15(27-17-7-5-6-13-24-17)8-11-19-16-9-12-20-18(22)21-16/h9-10,12,14-15,17H,3-8,11,13H2,1-2H3,(H2,19,20,21,22)/t15-,17+/m0/s1. The van der Waals surface area contributed by atoms with Crippen LogP contribution in [-0.4, -0.2) is 48.7 Å². The Kier molecular flexibility index (Phi) is 9.87. The second-order valence-corrected chi connectivity index (χ2v) is 8.09. The molecule has 0 aliphatic carbocycles. The van der Waals surface area contributed by atoms with E-state index >= 15 is 0 Å². The van der Waals surface area contributed by atoms with Gasteiger partial charge in [-0.25, -0.2) is 9.78 Å². The predicted octanol–water partition coefficient (Wildman–Crippen LogP) is 3.26. The first kappa shape index (κ1) is 22.8. The predicted molar refractivity (Wildman–Crippen MR) is 106 cm³/mol. The minimum atomic E-state index is -3.30. The highest BCUT2D eigenvalue weighted by Gasteiger charge is 2.22. The van der Waals surface area contributed by atoms with Gasteiger partial charge in [0.2, 0.25) is 0 Å². The van der Waals surface area contributed by atoms with Crippen molar-refractivity contribution in [3.05, 3.63) is 34.6 Å². The zero-order chi connectivity index (χ0) is 20.2. The summed E-state index contributed by atoms with van der Waals surface area (Å²) >= 11 is 0. The molecule has 0 saturated carbocycles. The van der Waals surface area contributed by atoms with E-state index in [0.29, 0.717) is 25.4 Å². The van der Waals surface area contributed by atoms with E-state index in [4.69, 9.17) is 18.5 Å². The molecule has 1 aliphatic heterocycles. The molecule has 1 saturated heterocycles. The SMILES string of the molecule is CCOP(=O)(C=C[C@H](CCNc1ccnc(=O)[nH]1)O[C@@H]1CCCCO1)OCC. The highest BCUT2D eigenvalue weighted by atomic mass is 31.2. The van der Waals surface area contributed by atoms with Gasteiger partial charge in [0.1, 0.15) is 5.82 Å². The van der Waals surface area contributed by atoms with Crippen LogP contribution < -0.4 is 11.0 Å². The highest BCUT2D eigenvalue weighted by molar-refractivity contribution is 7.57. The molecular weight excluding hydrogens is 385 g/mol. The second kappa shape index (κ2) is 12.1. The summed E-state index contributed by atoms with van der Waals surface area (Å²) in [7, 11) is -3.30. The van der Waals surface area contributed by atoms with Gasteiger partial charge in [-0.15, -0.1) is 0 Å². The van der Waals surface area contributed by atoms with E-state index < -0.39 is 13.3 Å². The number of ether oxygens (including phenoxy) is 2. The minimum Gasteiger partial charge on any atom is -0.371 e. The molecule has 9 nitrogen and oxygen atoms in total. The van der Waals surface area contributed by atoms with E-state index in [-0.39, 0.29) is 25.6 Å². The molecule has 0 aromatic carbocycles. The van der Waals surface area contributed by atoms with Crippen LogP contribution in [0.2, 0.25) is 0 Å². The number of hydrogen-bond donors (Lipinski definition) is 2. The van der Waals surface area contributed by atoms with Crippen LogP contribution in [0.3, 0.4) is 0 Å². The molecule has 0 bridgehead atoms. The molecule has 0 spiro atoms. The van der Waals surface area contributed by atoms with Crippen LogP contribution >= 0.6 is 7.60 Å². The monoisotopic (exact) mass is 415 g/mol. The number of H-pyrrole nitrogens is 1. The third-order valence-corrected chi connectivity index (χ3v) is 5.76. The van der Waals surface area contributed by atoms with Crippen molar-refractivity contribution < 1.29 is 23.1 Å². The zero-order valence-corrected chi connectivity index (χ0v) is 17.4. The van der Waals surface area contributed by atoms with Gasteiger partial charge in [-0.3, -0.25) is 9.55 Å². The average molecular weight is 415 g/mol. The summed E-state index contributed by atoms with van der Waals surface area (Å²) in [6.45, 7) is 5.31. The molecule has 2 rings (SSSR count). The van der Waals surface area contributed by atoms with E-state index in [1.54, 1.807) is 26.0 Å². The van der Waals surface area contributed by atoms with Crippen molar-refractivity contribution in [3.63, 3.8) is 0 Å². The lowest BCUT2D eigenvalue weighted by Crippen LogP contribution is -2.28. The van der Waals surface area contributed by atoms with Gasteiger partial charge in [0, 0.05) is 25.2 Å². The summed E-state index contributed by atoms with van der Waals surface area (Å²) in [6.07, 6.45) is 5.98. The van der Waals surface area contributed by atoms with Gasteiger partial charge >= 0.3 is 13.3 Å². The number of hydrogen-bond acceptors (Lipinski definition) is 8. The van der Waals surface area contributed by atoms with E-state index in [2.05, 4.69) is 15.3 Å². The lowest BCUT2D eigenvalue weighted by atomic mass is 10.2. The van der Waals surface area contributed by atoms with Gasteiger partial charge in [-0.05, 0) is 51.7 Å². The molecule has 0 unspecified atom stereocenters. The fraction of sp³-hybridized carbons (Fsp3) is 0.667. The average Bonchev–Trinajstić information content (AvgIpc) is 2.67. The number of rotatable bonds is 12. The summed E-state index contributed by atoms with van der Waals surface area (Å²) in [5, 5.41) is 3.12. The van der Waals surface area contributed by atoms with Gasteiger partial charge < -0.3 is 23.8 Å². The molecule has 158 valence electrons. The fourth-order valence-electron chi connectivity index (χ4n) is 2.73. The molecule has 1 fully saturated rings. The third kappa shape index (κ3) is 8.24. The molecule has 1 aliphatic rings. The Morgan fingerprint density at radius 2 is 2.18 bits per heavy atom. The Bertz CT molecular complexity index is 695. The number of nitrogens with one attached hydrogen (secondary N) is 2. The molecule has 2 N–H and O–H groups in total. The Balaban J connectivity index is 1.99. The summed E-state index contributed by atoms with van der Waals surface area (Å²) in [5.41, 5.74) is -0.414. The molecule has 28 heavy (non-hydrogen) atoms. The van der Waals surface area contributed by atoms with Crippen molar-refractivity contribution in [2.24, 2.45) is 0 Å². The van der Waals surface area contributed by atoms with Crippen LogP contribution in [0.5, 0.6) is 0 Å². The van der Waals surface area contributed by atoms with Crippen molar-refractivity contribution in [1.29, 1.82) is 0 Å². The molecule has 1 aromatic heterocycles. The van der Waals surface area contributed by atoms with Crippen molar-refractivity contribution >= 4 is 13.4 Å². The number of nitrogens with zero attached hydrogens (tertiary/aromatic N) is 1. The summed E-state index contributed by atoms with van der Waals surface area (Å²) in [6, 6.07) is 1.68. The van der Waals surface area contributed by atoms with Gasteiger partial charge in [0.05, 0.1) is 19.3 Å². The Morgan fingerprint density at radius 1 is 1.39 bits per heavy atom. The zero-order valence-electron chi connectivity index (χ0n) is 16.5. The van der Waals surface area contributed by atoms with E-state index in [0.717, 1.165) is 19.3 Å². The smallest absolute Gasteiger partial charge is 0.353 e. The first-order valence-corrected chi connectivity index (χ1v) is 11.3. The Morgan fingerprint density at radius 3 is 2.82 bits per heavy atom. The fourth-order valence-corrected chi connectivity index (χ4v) is 4.10. The maximum Gasteiger partial charge on any atom is 0.353 e. The molecule has 2 heterocycles. The van der Waals surface area contributed by atoms with E-state index in [9.17, 15) is 9.36 Å². The van der Waals surface area contributed by atoms with Crippen molar-refractivity contribution in [3.8, 4) is 0 Å². The number of aromatic amines is 1. The van der Waals surface area contributed by atoms with Crippen LogP contribution in [0, 0.1) is 0 Å². The molecule has 0 amide bonds. The molecule has 1 aromatic rings. The lowest BCUT2D eigenvalue weighted by molar-refractivity contribution is -0.178. The number of aromatic nitrogens is 2. The quantitative estimate of drug-likeness (QED) is 0.500. The first-order valence-electron chi connectivity index (χ1n) is 9.69. The van der Waals surface area contributed by atoms with Crippen molar-refractivity contribution in [2.75, 3.05) is 31.7 Å². The Hall–Kier alpha value is -1.51. The normalized spacial score (nSPS) is 19.0. The second-order valence-electron chi connectivity index (χ2n) is 6.19. The summed E-state index contributed by atoms with van der Waals surface area (Å²) < 4.78 is 34.9. The molecule has 2 atom stereocenters. The summed E-state index contributed by atoms with van der Waals surface area (Å²) in [5.74, 6) is 2.04. The number of anilines is 1. The van der Waals surface area contributed by atoms with Crippen LogP contribution in [0.15, 0.2) is 29.0 Å². The van der Waals surface area contributed by atoms with Gasteiger partial charge in [0.15, 0.2) is 6.29 Å². The maximum atomic E-state index is 12.7. The third-order valence-electron chi connectivity index (χ3n) is 3.98. The molecular formula is C18H30N3O6P. The molecule has 10 heteroatoms. The largest absolute Gasteiger partial charge is 0.371 e. The molecule has 0 radical (unpaired) electrons. The maximum absolute atomic E-state index is 12.7. The van der Waals surface area contributed by atoms with Crippen molar-refractivity contribution in [1.82, 2.24) is 9.97 Å². The van der Waals surface area contributed by atoms with Gasteiger partial charge in [0.25, 0.3) is 0 Å². The minimum absolute atomic E-state index is 0.288. The Labute approximate surface area is 165 Å². The summed E-state index contributed by atoms with van der Waals surface area (Å²) in [4.78, 5) is 17.5. The topological polar surface area (TPSA) is 112 Å². The van der Waals surface area contributed by atoms with E-state index in [1.165, 1.54) is 12.0 Å². The van der Waals surface area contributed by atoms with E-state index in [1.807, 2.05) is 0 Å². The highest BCUT2D eigenvalue weighted by Crippen LogP contribution is 2.49. The van der Waals surface area contributed by atoms with Crippen LogP contribution in [0.4, 0.5) is 5.82 Å². The first-order chi connectivity index (χ1) is 13.5. The van der Waals surface area contributed by atoms with Gasteiger partial charge in [-0.2, -0.15) is 0 Å². The lowest BCUT2D eigenvalue weighted by Gasteiger charge is -2.27.